The Morgan fingerprint density at radius 2 is 1.48 bits per heavy atom. The van der Waals surface area contributed by atoms with Gasteiger partial charge in [-0.3, -0.25) is 4.90 Å². The summed E-state index contributed by atoms with van der Waals surface area (Å²) in [5.74, 6) is 3.03. The summed E-state index contributed by atoms with van der Waals surface area (Å²) in [6, 6.07) is 1.16. The van der Waals surface area contributed by atoms with Gasteiger partial charge >= 0.3 is 0 Å². The molecule has 0 radical (unpaired) electrons. The van der Waals surface area contributed by atoms with E-state index in [-0.39, 0.29) is 23.5 Å². The average Bonchev–Trinajstić information content (AvgIpc) is 3.69. The maximum Gasteiger partial charge on any atom is 0.187 e. The monoisotopic (exact) mass is 853 g/mol. The Balaban J connectivity index is 0.935. The molecule has 0 bridgehead atoms. The minimum atomic E-state index is -1.71. The third-order valence-electron chi connectivity index (χ3n) is 17.7. The van der Waals surface area contributed by atoms with Crippen molar-refractivity contribution in [2.24, 2.45) is 46.3 Å². The van der Waals surface area contributed by atoms with Crippen LogP contribution in [0.3, 0.4) is 0 Å². The molecule has 8 fully saturated rings. The zero-order valence-corrected chi connectivity index (χ0v) is 35.6. The number of allylic oxidation sites excluding steroid dienone is 1. The third kappa shape index (κ3) is 7.01. The second-order valence-electron chi connectivity index (χ2n) is 20.9. The Kier molecular flexibility index (Phi) is 12.2. The summed E-state index contributed by atoms with van der Waals surface area (Å²) < 4.78 is 36.2. The van der Waals surface area contributed by atoms with Gasteiger partial charge in [-0.05, 0) is 99.2 Å². The van der Waals surface area contributed by atoms with Crippen molar-refractivity contribution in [3.05, 3.63) is 11.6 Å². The molecule has 5 saturated heterocycles. The van der Waals surface area contributed by atoms with Crippen LogP contribution in [-0.2, 0) is 28.4 Å². The second kappa shape index (κ2) is 16.5. The van der Waals surface area contributed by atoms with E-state index in [1.807, 2.05) is 0 Å². The number of nitrogens with zero attached hydrogens (tertiary/aromatic N) is 1. The predicted octanol–water partition coefficient (Wildman–Crippen LogP) is -0.235. The number of piperidine rings is 1. The molecule has 9 N–H and O–H groups in total. The summed E-state index contributed by atoms with van der Waals surface area (Å²) in [5, 5.41) is 97.5. The molecular weight excluding hydrogens is 782 g/mol. The van der Waals surface area contributed by atoms with Gasteiger partial charge in [-0.15, -0.1) is 0 Å². The zero-order valence-electron chi connectivity index (χ0n) is 35.6. The Morgan fingerprint density at radius 1 is 0.750 bits per heavy atom. The van der Waals surface area contributed by atoms with Gasteiger partial charge in [0.15, 0.2) is 18.9 Å². The normalized spacial score (nSPS) is 58.1. The lowest BCUT2D eigenvalue weighted by Crippen LogP contribution is -2.66. The van der Waals surface area contributed by atoms with Crippen molar-refractivity contribution in [3.8, 4) is 0 Å². The first-order valence-corrected chi connectivity index (χ1v) is 22.9. The van der Waals surface area contributed by atoms with E-state index in [0.717, 1.165) is 25.7 Å². The van der Waals surface area contributed by atoms with Gasteiger partial charge in [-0.2, -0.15) is 0 Å². The smallest absolute Gasteiger partial charge is 0.187 e. The lowest BCUT2D eigenvalue weighted by molar-refractivity contribution is -0.385. The van der Waals surface area contributed by atoms with Crippen LogP contribution in [0.4, 0.5) is 0 Å². The Labute approximate surface area is 352 Å². The van der Waals surface area contributed by atoms with E-state index in [1.165, 1.54) is 31.9 Å². The molecule has 342 valence electrons. The SMILES string of the molecule is CC1CCC2C(C)C3C(CC4C5CC=C6CC(OC7OC(CO)C(OC8OCC(O)C(O)C8O)C(O)C7OC7OC(C)C(O)C(O)C7O)CCC6(C)C5CC(O)C43C)N2C1. The van der Waals surface area contributed by atoms with Crippen LogP contribution >= 0.6 is 0 Å². The van der Waals surface area contributed by atoms with Crippen molar-refractivity contribution >= 4 is 0 Å². The van der Waals surface area contributed by atoms with Crippen LogP contribution in [0.2, 0.25) is 0 Å². The summed E-state index contributed by atoms with van der Waals surface area (Å²) in [6.45, 7) is 11.3. The lowest BCUT2D eigenvalue weighted by atomic mass is 9.46. The molecule has 9 rings (SSSR count). The van der Waals surface area contributed by atoms with Crippen LogP contribution in [-0.4, -0.2) is 181 Å². The number of rotatable bonds is 7. The fraction of sp³-hybridized carbons (Fsp3) is 0.955. The molecule has 0 aromatic carbocycles. The molecular formula is C44H71NO15. The van der Waals surface area contributed by atoms with Gasteiger partial charge in [0, 0.05) is 24.0 Å². The minimum Gasteiger partial charge on any atom is -0.394 e. The molecule has 26 atom stereocenters. The third-order valence-corrected chi connectivity index (χ3v) is 17.7. The summed E-state index contributed by atoms with van der Waals surface area (Å²) in [5.41, 5.74) is 1.02. The van der Waals surface area contributed by atoms with Crippen molar-refractivity contribution in [2.75, 3.05) is 19.8 Å². The molecule has 9 aliphatic rings. The fourth-order valence-corrected chi connectivity index (χ4v) is 14.4. The largest absolute Gasteiger partial charge is 0.394 e. The molecule has 26 unspecified atom stereocenters. The van der Waals surface area contributed by atoms with E-state index in [1.54, 1.807) is 0 Å². The molecule has 3 saturated carbocycles. The molecule has 16 nitrogen and oxygen atoms in total. The topological polar surface area (TPSA) is 241 Å². The maximum absolute atomic E-state index is 12.3. The maximum atomic E-state index is 12.3. The quantitative estimate of drug-likeness (QED) is 0.150. The van der Waals surface area contributed by atoms with Crippen LogP contribution in [0.1, 0.15) is 86.0 Å². The highest BCUT2D eigenvalue weighted by Gasteiger charge is 2.69. The highest BCUT2D eigenvalue weighted by atomic mass is 16.8. The fourth-order valence-electron chi connectivity index (χ4n) is 14.4. The van der Waals surface area contributed by atoms with Crippen molar-refractivity contribution in [1.82, 2.24) is 4.90 Å². The van der Waals surface area contributed by atoms with Crippen molar-refractivity contribution in [1.29, 1.82) is 0 Å². The van der Waals surface area contributed by atoms with Crippen molar-refractivity contribution < 1.29 is 74.4 Å². The molecule has 60 heavy (non-hydrogen) atoms. The standard InChI is InChI=1S/C44H71NO15/c1-18-6-9-26-19(2)31-27(45(26)15-18)13-25-23-8-7-21-12-22(10-11-43(21,4)24(23)14-30(48)44(25,31)5)57-42-39(60-41-36(53)34(51)32(49)20(3)56-41)37(54)38(29(16-46)58-42)59-40-35(52)33(50)28(47)17-55-40/h7,18-20,22-42,46-54H,6,8-17H2,1-5H3. The second-order valence-corrected chi connectivity index (χ2v) is 20.9. The molecule has 16 heteroatoms. The summed E-state index contributed by atoms with van der Waals surface area (Å²) in [6.07, 6.45) is -11.4. The molecule has 4 aliphatic carbocycles. The summed E-state index contributed by atoms with van der Waals surface area (Å²) >= 11 is 0. The van der Waals surface area contributed by atoms with Gasteiger partial charge in [0.25, 0.3) is 0 Å². The highest BCUT2D eigenvalue weighted by Crippen LogP contribution is 2.70. The highest BCUT2D eigenvalue weighted by molar-refractivity contribution is 5.28. The molecule has 0 aromatic rings. The Bertz CT molecular complexity index is 1570. The zero-order chi connectivity index (χ0) is 42.7. The average molecular weight is 854 g/mol. The molecule has 0 aromatic heterocycles. The first-order chi connectivity index (χ1) is 28.5. The summed E-state index contributed by atoms with van der Waals surface area (Å²) in [4.78, 5) is 2.84. The van der Waals surface area contributed by atoms with E-state index in [4.69, 9.17) is 28.4 Å². The van der Waals surface area contributed by atoms with Crippen molar-refractivity contribution in [2.45, 2.75) is 196 Å². The number of fused-ring (bicyclic) bond motifs is 9. The van der Waals surface area contributed by atoms with Gasteiger partial charge in [0.2, 0.25) is 0 Å². The molecule has 5 aliphatic heterocycles. The predicted molar refractivity (Wildman–Crippen MR) is 210 cm³/mol. The van der Waals surface area contributed by atoms with E-state index >= 15 is 0 Å². The Hall–Kier alpha value is -0.900. The minimum absolute atomic E-state index is 0.114. The van der Waals surface area contributed by atoms with Gasteiger partial charge in [0.1, 0.15) is 61.0 Å². The number of ether oxygens (including phenoxy) is 6. The van der Waals surface area contributed by atoms with E-state index in [2.05, 4.69) is 38.7 Å². The number of hydrogen-bond donors (Lipinski definition) is 9. The van der Waals surface area contributed by atoms with Crippen molar-refractivity contribution in [3.63, 3.8) is 0 Å². The van der Waals surface area contributed by atoms with Gasteiger partial charge in [0.05, 0.1) is 31.5 Å². The lowest BCUT2D eigenvalue weighted by Gasteiger charge is -2.60. The van der Waals surface area contributed by atoms with Gasteiger partial charge < -0.3 is 74.4 Å². The van der Waals surface area contributed by atoms with E-state index < -0.39 is 98.7 Å². The van der Waals surface area contributed by atoms with Gasteiger partial charge in [-0.1, -0.05) is 39.3 Å². The first-order valence-electron chi connectivity index (χ1n) is 22.9. The molecule has 0 amide bonds. The number of aliphatic hydroxyl groups is 9. The van der Waals surface area contributed by atoms with E-state index in [0.29, 0.717) is 60.4 Å². The molecule has 0 spiro atoms. The van der Waals surface area contributed by atoms with E-state index in [9.17, 15) is 46.0 Å². The Morgan fingerprint density at radius 3 is 2.23 bits per heavy atom. The van der Waals surface area contributed by atoms with Crippen LogP contribution in [0.5, 0.6) is 0 Å². The molecule has 5 heterocycles. The first kappa shape index (κ1) is 44.3. The van der Waals surface area contributed by atoms with Gasteiger partial charge in [-0.25, -0.2) is 0 Å². The van der Waals surface area contributed by atoms with Crippen LogP contribution in [0, 0.1) is 46.3 Å². The summed E-state index contributed by atoms with van der Waals surface area (Å²) in [7, 11) is 0. The number of hydrogen-bond acceptors (Lipinski definition) is 16. The number of aliphatic hydroxyl groups excluding tert-OH is 9. The van der Waals surface area contributed by atoms with Crippen LogP contribution in [0.15, 0.2) is 11.6 Å². The van der Waals surface area contributed by atoms with Crippen LogP contribution < -0.4 is 0 Å². The van der Waals surface area contributed by atoms with Crippen LogP contribution in [0.25, 0.3) is 0 Å².